The number of halogens is 2. The van der Waals surface area contributed by atoms with Crippen molar-refractivity contribution >= 4 is 23.3 Å². The molecule has 0 radical (unpaired) electrons. The molecule has 0 bridgehead atoms. The number of carbonyl (C=O) groups is 1. The Balaban J connectivity index is 2.05. The molecule has 2 heterocycles. The van der Waals surface area contributed by atoms with Gasteiger partial charge in [-0.1, -0.05) is 18.5 Å². The van der Waals surface area contributed by atoms with Crippen molar-refractivity contribution in [2.75, 3.05) is 5.32 Å². The highest BCUT2D eigenvalue weighted by Gasteiger charge is 2.19. The zero-order valence-electron chi connectivity index (χ0n) is 15.9. The molecule has 2 N–H and O–H groups in total. The number of nitrogens with one attached hydrogen (secondary N) is 2. The summed E-state index contributed by atoms with van der Waals surface area (Å²) >= 11 is 5.76. The Hall–Kier alpha value is -3.00. The first kappa shape index (κ1) is 19.8. The van der Waals surface area contributed by atoms with Crippen LogP contribution in [0.3, 0.4) is 0 Å². The van der Waals surface area contributed by atoms with Crippen LogP contribution in [0.25, 0.3) is 5.95 Å². The van der Waals surface area contributed by atoms with Crippen LogP contribution < -0.4 is 10.9 Å². The number of hydrogen-bond donors (Lipinski definition) is 2. The lowest BCUT2D eigenvalue weighted by Crippen LogP contribution is -2.22. The lowest BCUT2D eigenvalue weighted by Gasteiger charge is -2.11. The molecule has 0 saturated carbocycles. The number of benzene rings is 1. The number of H-pyrrole nitrogens is 1. The van der Waals surface area contributed by atoms with Crippen LogP contribution in [-0.2, 0) is 6.42 Å². The summed E-state index contributed by atoms with van der Waals surface area (Å²) in [7, 11) is 0. The highest BCUT2D eigenvalue weighted by Crippen LogP contribution is 2.23. The van der Waals surface area contributed by atoms with Gasteiger partial charge in [-0.2, -0.15) is 9.78 Å². The maximum absolute atomic E-state index is 13.4. The highest BCUT2D eigenvalue weighted by atomic mass is 35.5. The third kappa shape index (κ3) is 3.55. The topological polar surface area (TPSA) is 92.7 Å². The second kappa shape index (κ2) is 7.55. The van der Waals surface area contributed by atoms with Gasteiger partial charge in [0.15, 0.2) is 0 Å². The van der Waals surface area contributed by atoms with Gasteiger partial charge in [0.1, 0.15) is 11.6 Å². The molecule has 0 saturated heterocycles. The first-order valence-corrected chi connectivity index (χ1v) is 9.03. The molecule has 0 fully saturated rings. The molecule has 1 aromatic carbocycles. The summed E-state index contributed by atoms with van der Waals surface area (Å²) < 4.78 is 14.7. The van der Waals surface area contributed by atoms with E-state index in [1.54, 1.807) is 20.8 Å². The Kier molecular flexibility index (Phi) is 5.33. The fourth-order valence-corrected chi connectivity index (χ4v) is 3.02. The summed E-state index contributed by atoms with van der Waals surface area (Å²) in [6, 6.07) is 3.70. The molecule has 0 atom stereocenters. The number of aryl methyl sites for hydroxylation is 2. The summed E-state index contributed by atoms with van der Waals surface area (Å²) in [5.41, 5.74) is 2.49. The highest BCUT2D eigenvalue weighted by molar-refractivity contribution is 6.31. The molecule has 28 heavy (non-hydrogen) atoms. The van der Waals surface area contributed by atoms with Gasteiger partial charge in [0.05, 0.1) is 10.7 Å². The van der Waals surface area contributed by atoms with Crippen LogP contribution in [0.15, 0.2) is 23.0 Å². The van der Waals surface area contributed by atoms with Crippen molar-refractivity contribution in [1.82, 2.24) is 19.7 Å². The van der Waals surface area contributed by atoms with Gasteiger partial charge >= 0.3 is 0 Å². The van der Waals surface area contributed by atoms with Gasteiger partial charge in [0.2, 0.25) is 5.95 Å². The number of anilines is 1. The zero-order valence-corrected chi connectivity index (χ0v) is 16.6. The van der Waals surface area contributed by atoms with Crippen molar-refractivity contribution in [3.05, 3.63) is 67.5 Å². The number of nitrogens with zero attached hydrogens (tertiary/aromatic N) is 3. The predicted molar refractivity (Wildman–Crippen MR) is 105 cm³/mol. The number of rotatable bonds is 4. The third-order valence-corrected chi connectivity index (χ3v) is 4.83. The SMILES string of the molecule is CCc1c(C)nc(-n2nc(C)c(C)c2NC(=O)c2ccc(F)c(Cl)c2)[nH]c1=O. The average molecular weight is 404 g/mol. The molecule has 2 aromatic heterocycles. The molecule has 146 valence electrons. The molecule has 0 unspecified atom stereocenters. The number of hydrogen-bond acceptors (Lipinski definition) is 4. The van der Waals surface area contributed by atoms with Gasteiger partial charge in [0, 0.05) is 22.4 Å². The van der Waals surface area contributed by atoms with E-state index >= 15 is 0 Å². The number of carbonyl (C=O) groups excluding carboxylic acids is 1. The molecule has 3 aromatic rings. The molecule has 1 amide bonds. The van der Waals surface area contributed by atoms with E-state index in [0.29, 0.717) is 34.8 Å². The van der Waals surface area contributed by atoms with Crippen molar-refractivity contribution in [2.24, 2.45) is 0 Å². The molecule has 0 aliphatic heterocycles. The Morgan fingerprint density at radius 3 is 2.61 bits per heavy atom. The Bertz CT molecular complexity index is 1140. The summed E-state index contributed by atoms with van der Waals surface area (Å²) in [6.07, 6.45) is 0.556. The van der Waals surface area contributed by atoms with E-state index in [9.17, 15) is 14.0 Å². The van der Waals surface area contributed by atoms with Crippen LogP contribution in [0.5, 0.6) is 0 Å². The molecular formula is C19H19ClFN5O2. The van der Waals surface area contributed by atoms with E-state index in [4.69, 9.17) is 11.6 Å². The second-order valence-corrected chi connectivity index (χ2v) is 6.77. The Labute approximate surface area is 165 Å². The van der Waals surface area contributed by atoms with E-state index in [0.717, 1.165) is 6.07 Å². The summed E-state index contributed by atoms with van der Waals surface area (Å²) in [5.74, 6) is -0.544. The van der Waals surface area contributed by atoms with E-state index < -0.39 is 11.7 Å². The minimum atomic E-state index is -0.608. The molecule has 0 aliphatic carbocycles. The van der Waals surface area contributed by atoms with Crippen LogP contribution >= 0.6 is 11.6 Å². The molecule has 9 heteroatoms. The van der Waals surface area contributed by atoms with Crippen molar-refractivity contribution in [2.45, 2.75) is 34.1 Å². The van der Waals surface area contributed by atoms with Crippen LogP contribution in [0.4, 0.5) is 10.2 Å². The summed E-state index contributed by atoms with van der Waals surface area (Å²) in [4.78, 5) is 32.1. The first-order chi connectivity index (χ1) is 13.2. The lowest BCUT2D eigenvalue weighted by atomic mass is 10.2. The Morgan fingerprint density at radius 2 is 2.00 bits per heavy atom. The minimum absolute atomic E-state index is 0.147. The largest absolute Gasteiger partial charge is 0.306 e. The first-order valence-electron chi connectivity index (χ1n) is 8.65. The zero-order chi connectivity index (χ0) is 20.6. The van der Waals surface area contributed by atoms with Crippen molar-refractivity contribution < 1.29 is 9.18 Å². The van der Waals surface area contributed by atoms with Gasteiger partial charge < -0.3 is 5.32 Å². The van der Waals surface area contributed by atoms with Gasteiger partial charge in [-0.3, -0.25) is 14.6 Å². The molecule has 0 spiro atoms. The van der Waals surface area contributed by atoms with Crippen LogP contribution in [0.2, 0.25) is 5.02 Å². The lowest BCUT2D eigenvalue weighted by molar-refractivity contribution is 0.102. The fourth-order valence-electron chi connectivity index (χ4n) is 2.83. The maximum Gasteiger partial charge on any atom is 0.256 e. The van der Waals surface area contributed by atoms with Gasteiger partial charge in [0.25, 0.3) is 11.5 Å². The predicted octanol–water partition coefficient (Wildman–Crippen LogP) is 3.49. The smallest absolute Gasteiger partial charge is 0.256 e. The standard InChI is InChI=1S/C19H19ClFN5O2/c1-5-13-11(4)22-19(24-18(13)28)26-16(9(2)10(3)25-26)23-17(27)12-6-7-15(21)14(20)8-12/h6-8H,5H2,1-4H3,(H,23,27)(H,22,24,28). The van der Waals surface area contributed by atoms with Crippen LogP contribution in [-0.4, -0.2) is 25.7 Å². The number of aromatic amines is 1. The van der Waals surface area contributed by atoms with Gasteiger partial charge in [-0.25, -0.2) is 9.37 Å². The summed E-state index contributed by atoms with van der Waals surface area (Å²) in [5, 5.41) is 6.98. The number of aromatic nitrogens is 4. The number of amides is 1. The van der Waals surface area contributed by atoms with Gasteiger partial charge in [-0.15, -0.1) is 0 Å². The third-order valence-electron chi connectivity index (χ3n) is 4.54. The summed E-state index contributed by atoms with van der Waals surface area (Å²) in [6.45, 7) is 7.19. The average Bonchev–Trinajstić information content (AvgIpc) is 2.92. The molecule has 0 aliphatic rings. The minimum Gasteiger partial charge on any atom is -0.306 e. The molecule has 3 rings (SSSR count). The van der Waals surface area contributed by atoms with E-state index in [1.807, 2.05) is 6.92 Å². The van der Waals surface area contributed by atoms with Gasteiger partial charge in [-0.05, 0) is 45.4 Å². The molecular weight excluding hydrogens is 385 g/mol. The van der Waals surface area contributed by atoms with Crippen molar-refractivity contribution in [3.63, 3.8) is 0 Å². The van der Waals surface area contributed by atoms with E-state index in [-0.39, 0.29) is 22.1 Å². The van der Waals surface area contributed by atoms with E-state index in [1.165, 1.54) is 16.8 Å². The monoisotopic (exact) mass is 403 g/mol. The maximum atomic E-state index is 13.4. The second-order valence-electron chi connectivity index (χ2n) is 6.36. The van der Waals surface area contributed by atoms with Crippen molar-refractivity contribution in [3.8, 4) is 5.95 Å². The fraction of sp³-hybridized carbons (Fsp3) is 0.263. The van der Waals surface area contributed by atoms with Crippen LogP contribution in [0, 0.1) is 26.6 Å². The quantitative estimate of drug-likeness (QED) is 0.697. The van der Waals surface area contributed by atoms with Crippen molar-refractivity contribution in [1.29, 1.82) is 0 Å². The van der Waals surface area contributed by atoms with E-state index in [2.05, 4.69) is 20.4 Å². The van der Waals surface area contributed by atoms with Crippen LogP contribution in [0.1, 0.15) is 39.8 Å². The molecule has 7 nitrogen and oxygen atoms in total. The normalized spacial score (nSPS) is 10.9. The Morgan fingerprint density at radius 1 is 1.29 bits per heavy atom.